The van der Waals surface area contributed by atoms with Crippen LogP contribution in [0.1, 0.15) is 72.3 Å². The molecule has 2 aliphatic heterocycles. The van der Waals surface area contributed by atoms with E-state index in [0.29, 0.717) is 11.6 Å². The Hall–Kier alpha value is -3.01. The minimum absolute atomic E-state index is 0.115. The highest BCUT2D eigenvalue weighted by atomic mass is 16.5. The summed E-state index contributed by atoms with van der Waals surface area (Å²) in [5.74, 6) is 0. The van der Waals surface area contributed by atoms with Crippen molar-refractivity contribution in [3.63, 3.8) is 0 Å². The third-order valence-corrected chi connectivity index (χ3v) is 9.17. The molecule has 0 saturated carbocycles. The number of aryl methyl sites for hydroxylation is 2. The molecule has 3 heterocycles. The number of unbranched alkanes of at least 4 members (excludes halogenated alkanes) is 1. The molecule has 2 aromatic carbocycles. The summed E-state index contributed by atoms with van der Waals surface area (Å²) < 4.78 is 11.2. The van der Waals surface area contributed by atoms with Gasteiger partial charge in [-0.1, -0.05) is 37.6 Å². The van der Waals surface area contributed by atoms with Crippen LogP contribution in [-0.4, -0.2) is 67.1 Å². The molecule has 8 heteroatoms. The van der Waals surface area contributed by atoms with Crippen LogP contribution in [0, 0.1) is 20.8 Å². The van der Waals surface area contributed by atoms with Crippen LogP contribution in [0.25, 0.3) is 11.1 Å². The van der Waals surface area contributed by atoms with Crippen molar-refractivity contribution in [2.75, 3.05) is 51.0 Å². The van der Waals surface area contributed by atoms with Crippen molar-refractivity contribution >= 4 is 5.69 Å². The van der Waals surface area contributed by atoms with Crippen LogP contribution in [0.5, 0.6) is 0 Å². The van der Waals surface area contributed by atoms with Crippen molar-refractivity contribution < 1.29 is 14.6 Å². The Morgan fingerprint density at radius 1 is 1.00 bits per heavy atom. The summed E-state index contributed by atoms with van der Waals surface area (Å²) >= 11 is 0. The van der Waals surface area contributed by atoms with Gasteiger partial charge in [0, 0.05) is 74.5 Å². The summed E-state index contributed by atoms with van der Waals surface area (Å²) in [6, 6.07) is 15.6. The van der Waals surface area contributed by atoms with Gasteiger partial charge < -0.3 is 24.5 Å². The number of morpholine rings is 1. The largest absolute Gasteiger partial charge is 0.381 e. The quantitative estimate of drug-likeness (QED) is 0.240. The lowest BCUT2D eigenvalue weighted by atomic mass is 9.94. The molecule has 2 saturated heterocycles. The number of nitrogens with one attached hydrogen (secondary N) is 2. The molecule has 5 rings (SSSR count). The molecular weight excluding hydrogens is 552 g/mol. The first-order chi connectivity index (χ1) is 21.3. The summed E-state index contributed by atoms with van der Waals surface area (Å²) in [4.78, 5) is 20.6. The van der Waals surface area contributed by atoms with Gasteiger partial charge >= 0.3 is 0 Å². The summed E-state index contributed by atoms with van der Waals surface area (Å²) in [5, 5.41) is 14.9. The summed E-state index contributed by atoms with van der Waals surface area (Å²) in [7, 11) is 0. The average Bonchev–Trinajstić information content (AvgIpc) is 3.02. The highest BCUT2D eigenvalue weighted by Crippen LogP contribution is 2.36. The number of hydrogen-bond acceptors (Lipinski definition) is 7. The predicted molar refractivity (Wildman–Crippen MR) is 177 cm³/mol. The molecule has 0 amide bonds. The summed E-state index contributed by atoms with van der Waals surface area (Å²) in [6.45, 7) is 15.4. The predicted octanol–water partition coefficient (Wildman–Crippen LogP) is 5.37. The number of aliphatic hydroxyl groups excluding tert-OH is 1. The third-order valence-electron chi connectivity index (χ3n) is 9.17. The molecule has 2 aliphatic rings. The highest BCUT2D eigenvalue weighted by Gasteiger charge is 2.26. The van der Waals surface area contributed by atoms with Gasteiger partial charge in [0.15, 0.2) is 0 Å². The van der Waals surface area contributed by atoms with Crippen LogP contribution in [0.4, 0.5) is 5.69 Å². The van der Waals surface area contributed by atoms with Gasteiger partial charge in [-0.15, -0.1) is 0 Å². The first-order valence-electron chi connectivity index (χ1n) is 16.3. The number of aromatic nitrogens is 1. The first kappa shape index (κ1) is 32.4. The molecule has 0 radical (unpaired) electrons. The van der Waals surface area contributed by atoms with Gasteiger partial charge in [0.2, 0.25) is 0 Å². The topological polar surface area (TPSA) is 90.1 Å². The molecule has 1 aromatic heterocycles. The minimum atomic E-state index is -0.933. The van der Waals surface area contributed by atoms with E-state index >= 15 is 0 Å². The maximum absolute atomic E-state index is 12.7. The monoisotopic (exact) mass is 602 g/mol. The van der Waals surface area contributed by atoms with E-state index in [9.17, 15) is 9.90 Å². The Kier molecular flexibility index (Phi) is 11.3. The number of nitrogens with zero attached hydrogens (tertiary/aromatic N) is 2. The second kappa shape index (κ2) is 15.3. The smallest absolute Gasteiger partial charge is 0.252 e. The van der Waals surface area contributed by atoms with Crippen molar-refractivity contribution in [2.24, 2.45) is 0 Å². The lowest BCUT2D eigenvalue weighted by molar-refractivity contribution is 0.0342. The fourth-order valence-electron chi connectivity index (χ4n) is 6.52. The number of H-pyrrole nitrogens is 1. The lowest BCUT2D eigenvalue weighted by Crippen LogP contribution is -2.41. The molecule has 1 unspecified atom stereocenters. The van der Waals surface area contributed by atoms with E-state index in [1.165, 1.54) is 11.3 Å². The number of ether oxygens (including phenoxy) is 2. The van der Waals surface area contributed by atoms with E-state index < -0.39 is 6.23 Å². The molecule has 1 atom stereocenters. The Bertz CT molecular complexity index is 1430. The fourth-order valence-corrected chi connectivity index (χ4v) is 6.52. The number of hydrogen-bond donors (Lipinski definition) is 3. The Morgan fingerprint density at radius 2 is 1.70 bits per heavy atom. The van der Waals surface area contributed by atoms with Gasteiger partial charge in [-0.05, 0) is 86.1 Å². The molecular formula is C36H50N4O4. The molecule has 0 bridgehead atoms. The van der Waals surface area contributed by atoms with Crippen molar-refractivity contribution in [2.45, 2.75) is 78.7 Å². The van der Waals surface area contributed by atoms with Crippen molar-refractivity contribution in [3.05, 3.63) is 86.3 Å². The normalized spacial score (nSPS) is 17.1. The van der Waals surface area contributed by atoms with Crippen molar-refractivity contribution in [1.82, 2.24) is 15.2 Å². The zero-order valence-electron chi connectivity index (χ0n) is 27.0. The minimum Gasteiger partial charge on any atom is -0.381 e. The number of rotatable bonds is 12. The molecule has 0 spiro atoms. The number of aromatic amines is 1. The maximum atomic E-state index is 12.7. The van der Waals surface area contributed by atoms with E-state index in [-0.39, 0.29) is 12.1 Å². The van der Waals surface area contributed by atoms with Gasteiger partial charge in [-0.25, -0.2) is 0 Å². The van der Waals surface area contributed by atoms with Gasteiger partial charge in [-0.3, -0.25) is 15.0 Å². The summed E-state index contributed by atoms with van der Waals surface area (Å²) in [6.07, 6.45) is 3.27. The van der Waals surface area contributed by atoms with Crippen molar-refractivity contribution in [1.29, 1.82) is 0 Å². The van der Waals surface area contributed by atoms with Crippen LogP contribution in [0.15, 0.2) is 47.3 Å². The Morgan fingerprint density at radius 3 is 2.39 bits per heavy atom. The maximum Gasteiger partial charge on any atom is 0.252 e. The molecule has 3 aromatic rings. The number of benzene rings is 2. The highest BCUT2D eigenvalue weighted by molar-refractivity contribution is 5.73. The zero-order chi connectivity index (χ0) is 31.1. The Balaban J connectivity index is 1.48. The van der Waals surface area contributed by atoms with E-state index in [2.05, 4.69) is 70.3 Å². The number of anilines is 1. The molecule has 8 nitrogen and oxygen atoms in total. The molecule has 0 aliphatic carbocycles. The van der Waals surface area contributed by atoms with Gasteiger partial charge in [-0.2, -0.15) is 0 Å². The molecule has 44 heavy (non-hydrogen) atoms. The van der Waals surface area contributed by atoms with Crippen LogP contribution in [0.2, 0.25) is 0 Å². The van der Waals surface area contributed by atoms with E-state index in [1.54, 1.807) is 0 Å². The van der Waals surface area contributed by atoms with Crippen molar-refractivity contribution in [3.8, 4) is 11.1 Å². The number of aliphatic hydroxyl groups is 1. The number of pyridine rings is 1. The third kappa shape index (κ3) is 7.98. The van der Waals surface area contributed by atoms with E-state index in [0.717, 1.165) is 112 Å². The molecule has 238 valence electrons. The Labute approximate surface area is 262 Å². The summed E-state index contributed by atoms with van der Waals surface area (Å²) in [5.41, 5.74) is 8.84. The van der Waals surface area contributed by atoms with Crippen LogP contribution < -0.4 is 15.8 Å². The second-order valence-electron chi connectivity index (χ2n) is 12.4. The van der Waals surface area contributed by atoms with Gasteiger partial charge in [0.25, 0.3) is 5.56 Å². The SMILES string of the molecule is CCCCN(c1cc(-c2ccc(CN3CCOCC3)cc2)cc(C(O)NCc2c(C)cc(C)[nH]c2=O)c1C)C1CCOCC1. The lowest BCUT2D eigenvalue weighted by Gasteiger charge is -2.38. The van der Waals surface area contributed by atoms with Crippen LogP contribution >= 0.6 is 0 Å². The molecule has 2 fully saturated rings. The van der Waals surface area contributed by atoms with E-state index in [1.807, 2.05) is 19.9 Å². The fraction of sp³-hybridized carbons (Fsp3) is 0.528. The first-order valence-corrected chi connectivity index (χ1v) is 16.3. The zero-order valence-corrected chi connectivity index (χ0v) is 27.0. The molecule has 3 N–H and O–H groups in total. The second-order valence-corrected chi connectivity index (χ2v) is 12.4. The standard InChI is InChI=1S/C36H50N4O4/c1-5-6-13-40(31-11-16-43-17-12-31)34-22-30(29-9-7-28(8-10-29)24-39-14-18-44-19-15-39)21-32(27(34)4)35(41)37-23-33-25(2)20-26(3)38-36(33)42/h7-10,20-22,31,35,37,41H,5-6,11-19,23-24H2,1-4H3,(H,38,42). The average molecular weight is 603 g/mol. The van der Waals surface area contributed by atoms with Crippen LogP contribution in [-0.2, 0) is 22.6 Å². The van der Waals surface area contributed by atoms with Gasteiger partial charge in [0.05, 0.1) is 13.2 Å². The van der Waals surface area contributed by atoms with Gasteiger partial charge in [0.1, 0.15) is 6.23 Å². The van der Waals surface area contributed by atoms with E-state index in [4.69, 9.17) is 9.47 Å². The van der Waals surface area contributed by atoms with Crippen LogP contribution in [0.3, 0.4) is 0 Å².